The molecule has 4 aromatic rings. The van der Waals surface area contributed by atoms with Crippen molar-refractivity contribution in [1.82, 2.24) is 10.2 Å². The van der Waals surface area contributed by atoms with Gasteiger partial charge >= 0.3 is 0 Å². The molecule has 0 radical (unpaired) electrons. The summed E-state index contributed by atoms with van der Waals surface area (Å²) in [5.74, 6) is 0.562. The molecule has 0 saturated carbocycles. The van der Waals surface area contributed by atoms with Gasteiger partial charge in [-0.2, -0.15) is 0 Å². The highest BCUT2D eigenvalue weighted by atomic mass is 35.5. The molecule has 5 rings (SSSR count). The minimum Gasteiger partial charge on any atom is -0.457 e. The first-order chi connectivity index (χ1) is 20.3. The number of hydrogen-bond donors (Lipinski definition) is 2. The van der Waals surface area contributed by atoms with Crippen LogP contribution in [0, 0.1) is 0 Å². The summed E-state index contributed by atoms with van der Waals surface area (Å²) in [7, 11) is 0. The molecule has 0 bridgehead atoms. The van der Waals surface area contributed by atoms with E-state index in [4.69, 9.17) is 51.4 Å². The number of rotatable bonds is 6. The van der Waals surface area contributed by atoms with E-state index in [1.54, 1.807) is 60.7 Å². The third-order valence-corrected chi connectivity index (χ3v) is 7.91. The summed E-state index contributed by atoms with van der Waals surface area (Å²) in [6, 6.07) is 23.4. The molecule has 3 aromatic carbocycles. The molecular weight excluding hydrogens is 615 g/mol. The average molecular weight is 640 g/mol. The molecule has 1 aliphatic heterocycles. The van der Waals surface area contributed by atoms with E-state index < -0.39 is 5.91 Å². The van der Waals surface area contributed by atoms with Crippen molar-refractivity contribution in [3.05, 3.63) is 111 Å². The van der Waals surface area contributed by atoms with Crippen LogP contribution >= 0.6 is 47.0 Å². The number of benzene rings is 3. The zero-order valence-corrected chi connectivity index (χ0v) is 25.2. The summed E-state index contributed by atoms with van der Waals surface area (Å²) in [5, 5.41) is 7.35. The van der Waals surface area contributed by atoms with E-state index in [-0.39, 0.29) is 11.0 Å². The summed E-state index contributed by atoms with van der Waals surface area (Å²) < 4.78 is 5.80. The molecule has 2 N–H and O–H groups in total. The fraction of sp³-hybridized carbons (Fsp3) is 0.129. The maximum atomic E-state index is 12.9. The highest BCUT2D eigenvalue weighted by molar-refractivity contribution is 7.80. The number of carbonyl (C=O) groups excluding carboxylic acids is 2. The summed E-state index contributed by atoms with van der Waals surface area (Å²) in [4.78, 5) is 29.4. The lowest BCUT2D eigenvalue weighted by Gasteiger charge is -2.37. The van der Waals surface area contributed by atoms with Gasteiger partial charge in [0.2, 0.25) is 5.91 Å². The van der Waals surface area contributed by atoms with Gasteiger partial charge in [0.25, 0.3) is 5.91 Å². The first-order valence-corrected chi connectivity index (χ1v) is 14.6. The van der Waals surface area contributed by atoms with Crippen molar-refractivity contribution in [2.45, 2.75) is 0 Å². The Morgan fingerprint density at radius 2 is 1.60 bits per heavy atom. The van der Waals surface area contributed by atoms with Crippen LogP contribution in [0.1, 0.15) is 16.1 Å². The Labute approximate surface area is 263 Å². The number of halogens is 3. The molecule has 2 amide bonds. The molecule has 1 saturated heterocycles. The number of amides is 2. The first-order valence-electron chi connectivity index (χ1n) is 13.0. The molecule has 214 valence electrons. The van der Waals surface area contributed by atoms with Gasteiger partial charge in [-0.05, 0) is 79.0 Å². The second-order valence-electron chi connectivity index (χ2n) is 9.38. The standard InChI is InChI=1S/C31H25Cl3N4O3S/c32-21-10-8-20(9-11-21)30(40)38-18-16-37(17-19-38)26-7-2-1-6-25(26)35-31(42)36-28(39)15-13-22-12-14-27(41-22)23-4-3-5-24(33)29(23)34/h1-15H,16-19H2,(H2,35,36,39,42). The first kappa shape index (κ1) is 29.7. The lowest BCUT2D eigenvalue weighted by molar-refractivity contribution is -0.115. The monoisotopic (exact) mass is 638 g/mol. The zero-order chi connectivity index (χ0) is 29.6. The van der Waals surface area contributed by atoms with Crippen LogP contribution in [-0.4, -0.2) is 48.0 Å². The van der Waals surface area contributed by atoms with Crippen LogP contribution in [0.5, 0.6) is 0 Å². The van der Waals surface area contributed by atoms with E-state index in [9.17, 15) is 9.59 Å². The summed E-state index contributed by atoms with van der Waals surface area (Å²) >= 11 is 23.7. The van der Waals surface area contributed by atoms with Gasteiger partial charge < -0.3 is 19.5 Å². The number of piperazine rings is 1. The molecule has 2 heterocycles. The molecule has 11 heteroatoms. The fourth-order valence-electron chi connectivity index (χ4n) is 4.53. The molecular formula is C31H25Cl3N4O3S. The van der Waals surface area contributed by atoms with Crippen molar-refractivity contribution in [2.24, 2.45) is 0 Å². The van der Waals surface area contributed by atoms with E-state index in [0.717, 1.165) is 11.4 Å². The van der Waals surface area contributed by atoms with Crippen LogP contribution in [-0.2, 0) is 4.79 Å². The molecule has 0 spiro atoms. The normalized spacial score (nSPS) is 13.3. The number of carbonyl (C=O) groups is 2. The van der Waals surface area contributed by atoms with E-state index in [1.165, 1.54) is 6.08 Å². The largest absolute Gasteiger partial charge is 0.457 e. The van der Waals surface area contributed by atoms with Gasteiger partial charge in [0.15, 0.2) is 5.11 Å². The van der Waals surface area contributed by atoms with Gasteiger partial charge in [0, 0.05) is 48.4 Å². The number of thiocarbonyl (C=S) groups is 1. The molecule has 1 fully saturated rings. The highest BCUT2D eigenvalue weighted by Gasteiger charge is 2.23. The Bertz CT molecular complexity index is 1650. The van der Waals surface area contributed by atoms with Gasteiger partial charge in [-0.1, -0.05) is 53.0 Å². The van der Waals surface area contributed by atoms with Crippen molar-refractivity contribution < 1.29 is 14.0 Å². The molecule has 1 aromatic heterocycles. The van der Waals surface area contributed by atoms with Gasteiger partial charge in [-0.25, -0.2) is 0 Å². The molecule has 0 unspecified atom stereocenters. The maximum Gasteiger partial charge on any atom is 0.253 e. The Hall–Kier alpha value is -3.82. The number of para-hydroxylation sites is 2. The van der Waals surface area contributed by atoms with Gasteiger partial charge in [-0.3, -0.25) is 14.9 Å². The third kappa shape index (κ3) is 7.14. The van der Waals surface area contributed by atoms with Gasteiger partial charge in [0.05, 0.1) is 21.4 Å². The molecule has 42 heavy (non-hydrogen) atoms. The van der Waals surface area contributed by atoms with Crippen molar-refractivity contribution in [3.8, 4) is 11.3 Å². The van der Waals surface area contributed by atoms with Gasteiger partial charge in [0.1, 0.15) is 11.5 Å². The number of hydrogen-bond acceptors (Lipinski definition) is 5. The predicted octanol–water partition coefficient (Wildman–Crippen LogP) is 7.40. The second-order valence-corrected chi connectivity index (χ2v) is 11.0. The van der Waals surface area contributed by atoms with Crippen LogP contribution in [0.15, 0.2) is 89.4 Å². The van der Waals surface area contributed by atoms with Crippen LogP contribution < -0.4 is 15.5 Å². The minimum atomic E-state index is -0.418. The summed E-state index contributed by atoms with van der Waals surface area (Å²) in [6.45, 7) is 2.43. The Morgan fingerprint density at radius 3 is 2.36 bits per heavy atom. The van der Waals surface area contributed by atoms with E-state index in [1.807, 2.05) is 29.2 Å². The molecule has 0 aliphatic carbocycles. The van der Waals surface area contributed by atoms with Crippen LogP contribution in [0.2, 0.25) is 15.1 Å². The fourth-order valence-corrected chi connectivity index (χ4v) is 5.26. The molecule has 1 aliphatic rings. The zero-order valence-electron chi connectivity index (χ0n) is 22.1. The van der Waals surface area contributed by atoms with Crippen molar-refractivity contribution in [2.75, 3.05) is 36.4 Å². The van der Waals surface area contributed by atoms with Crippen molar-refractivity contribution >= 4 is 81.4 Å². The minimum absolute atomic E-state index is 0.0197. The Kier molecular flexibility index (Phi) is 9.49. The molecule has 0 atom stereocenters. The lowest BCUT2D eigenvalue weighted by Crippen LogP contribution is -2.49. The second kappa shape index (κ2) is 13.4. The number of anilines is 2. The summed E-state index contributed by atoms with van der Waals surface area (Å²) in [6.07, 6.45) is 2.87. The van der Waals surface area contributed by atoms with E-state index in [0.29, 0.717) is 63.9 Å². The van der Waals surface area contributed by atoms with Crippen LogP contribution in [0.3, 0.4) is 0 Å². The van der Waals surface area contributed by atoms with Crippen LogP contribution in [0.4, 0.5) is 11.4 Å². The third-order valence-electron chi connectivity index (χ3n) is 6.63. The van der Waals surface area contributed by atoms with Crippen LogP contribution in [0.25, 0.3) is 17.4 Å². The van der Waals surface area contributed by atoms with Crippen molar-refractivity contribution in [3.63, 3.8) is 0 Å². The number of nitrogens with one attached hydrogen (secondary N) is 2. The Morgan fingerprint density at radius 1 is 0.857 bits per heavy atom. The molecule has 7 nitrogen and oxygen atoms in total. The number of nitrogens with zero attached hydrogens (tertiary/aromatic N) is 2. The smallest absolute Gasteiger partial charge is 0.253 e. The summed E-state index contributed by atoms with van der Waals surface area (Å²) in [5.41, 5.74) is 2.94. The highest BCUT2D eigenvalue weighted by Crippen LogP contribution is 2.34. The topological polar surface area (TPSA) is 77.8 Å². The average Bonchev–Trinajstić information content (AvgIpc) is 3.47. The van der Waals surface area contributed by atoms with E-state index >= 15 is 0 Å². The Balaban J connectivity index is 1.16. The van der Waals surface area contributed by atoms with E-state index in [2.05, 4.69) is 15.5 Å². The number of furan rings is 1. The van der Waals surface area contributed by atoms with Gasteiger partial charge in [-0.15, -0.1) is 0 Å². The maximum absolute atomic E-state index is 12.9. The SMILES string of the molecule is O=C(C=Cc1ccc(-c2cccc(Cl)c2Cl)o1)NC(=S)Nc1ccccc1N1CCN(C(=O)c2ccc(Cl)cc2)CC1. The lowest BCUT2D eigenvalue weighted by atomic mass is 10.1. The predicted molar refractivity (Wildman–Crippen MR) is 174 cm³/mol. The quantitative estimate of drug-likeness (QED) is 0.169. The van der Waals surface area contributed by atoms with Crippen molar-refractivity contribution in [1.29, 1.82) is 0 Å².